The lowest BCUT2D eigenvalue weighted by Gasteiger charge is -2.34. The van der Waals surface area contributed by atoms with Crippen molar-refractivity contribution in [3.63, 3.8) is 0 Å². The summed E-state index contributed by atoms with van der Waals surface area (Å²) in [7, 11) is -3.50. The normalized spacial score (nSPS) is 21.8. The van der Waals surface area contributed by atoms with Crippen LogP contribution in [0.25, 0.3) is 0 Å². The molecule has 140 valence electrons. The Bertz CT molecular complexity index is 871. The van der Waals surface area contributed by atoms with E-state index in [4.69, 9.17) is 0 Å². The molecule has 1 aromatic carbocycles. The zero-order valence-corrected chi connectivity index (χ0v) is 16.0. The Hall–Kier alpha value is -1.70. The third kappa shape index (κ3) is 3.43. The Kier molecular flexibility index (Phi) is 4.86. The number of hydrogen-bond donors (Lipinski definition) is 0. The molecule has 1 fully saturated rings. The maximum atomic E-state index is 13.2. The van der Waals surface area contributed by atoms with E-state index in [-0.39, 0.29) is 6.04 Å². The van der Waals surface area contributed by atoms with Gasteiger partial charge in [0.05, 0.1) is 23.2 Å². The van der Waals surface area contributed by atoms with Gasteiger partial charge in [-0.2, -0.15) is 9.40 Å². The van der Waals surface area contributed by atoms with Crippen LogP contribution in [0.4, 0.5) is 0 Å². The maximum absolute atomic E-state index is 13.2. The number of aryl methyl sites for hydroxylation is 1. The highest BCUT2D eigenvalue weighted by atomic mass is 32.2. The molecule has 0 saturated carbocycles. The van der Waals surface area contributed by atoms with Crippen molar-refractivity contribution in [2.24, 2.45) is 0 Å². The fourth-order valence-corrected chi connectivity index (χ4v) is 5.57. The van der Waals surface area contributed by atoms with E-state index in [2.05, 4.69) is 10.00 Å². The van der Waals surface area contributed by atoms with Gasteiger partial charge in [0.15, 0.2) is 0 Å². The van der Waals surface area contributed by atoms with Crippen LogP contribution in [-0.4, -0.2) is 53.6 Å². The zero-order chi connectivity index (χ0) is 18.1. The average Bonchev–Trinajstić information content (AvgIpc) is 3.31. The van der Waals surface area contributed by atoms with Gasteiger partial charge < -0.3 is 4.90 Å². The Morgan fingerprint density at radius 3 is 2.77 bits per heavy atom. The van der Waals surface area contributed by atoms with E-state index >= 15 is 0 Å². The van der Waals surface area contributed by atoms with Gasteiger partial charge in [0.2, 0.25) is 10.0 Å². The van der Waals surface area contributed by atoms with Crippen molar-refractivity contribution in [1.82, 2.24) is 19.0 Å². The summed E-state index contributed by atoms with van der Waals surface area (Å²) in [6.45, 7) is 6.11. The smallest absolute Gasteiger partial charge is 0.243 e. The predicted molar refractivity (Wildman–Crippen MR) is 100 cm³/mol. The van der Waals surface area contributed by atoms with E-state index < -0.39 is 10.0 Å². The number of nitrogens with zero attached hydrogens (tertiary/aromatic N) is 4. The summed E-state index contributed by atoms with van der Waals surface area (Å²) >= 11 is 0. The number of rotatable bonds is 5. The molecule has 0 bridgehead atoms. The quantitative estimate of drug-likeness (QED) is 0.806. The topological polar surface area (TPSA) is 58.4 Å². The van der Waals surface area contributed by atoms with E-state index in [0.717, 1.165) is 37.3 Å². The molecule has 3 heterocycles. The average molecular weight is 375 g/mol. The highest BCUT2D eigenvalue weighted by Crippen LogP contribution is 2.28. The van der Waals surface area contributed by atoms with Gasteiger partial charge in [-0.15, -0.1) is 0 Å². The van der Waals surface area contributed by atoms with Gasteiger partial charge in [-0.1, -0.05) is 12.1 Å². The molecule has 2 aliphatic heterocycles. The minimum absolute atomic E-state index is 0.0916. The monoisotopic (exact) mass is 374 g/mol. The van der Waals surface area contributed by atoms with Crippen LogP contribution in [0.15, 0.2) is 41.4 Å². The summed E-state index contributed by atoms with van der Waals surface area (Å²) in [6.07, 6.45) is 5.24. The van der Waals surface area contributed by atoms with Crippen molar-refractivity contribution in [2.45, 2.75) is 43.7 Å². The second kappa shape index (κ2) is 7.13. The van der Waals surface area contributed by atoms with E-state index in [1.165, 1.54) is 12.8 Å². The first-order valence-electron chi connectivity index (χ1n) is 9.35. The first-order chi connectivity index (χ1) is 12.5. The number of aromatic nitrogens is 2. The highest BCUT2D eigenvalue weighted by molar-refractivity contribution is 7.89. The van der Waals surface area contributed by atoms with Gasteiger partial charge >= 0.3 is 0 Å². The number of hydrogen-bond acceptors (Lipinski definition) is 4. The molecular formula is C19H26N4O2S. The SMILES string of the molecule is Cc1cccc(S(=O)(=O)N2Cc3ccnn3[C@H](CCN3CCCC3)C2)c1. The summed E-state index contributed by atoms with van der Waals surface area (Å²) in [5.74, 6) is 0. The zero-order valence-electron chi connectivity index (χ0n) is 15.2. The van der Waals surface area contributed by atoms with Crippen molar-refractivity contribution in [3.05, 3.63) is 47.8 Å². The summed E-state index contributed by atoms with van der Waals surface area (Å²) in [5.41, 5.74) is 1.93. The lowest BCUT2D eigenvalue weighted by molar-refractivity contribution is 0.226. The van der Waals surface area contributed by atoms with Crippen molar-refractivity contribution < 1.29 is 8.42 Å². The molecule has 2 aromatic rings. The predicted octanol–water partition coefficient (Wildman–Crippen LogP) is 2.42. The Labute approximate surface area is 155 Å². The Morgan fingerprint density at radius 2 is 2.00 bits per heavy atom. The molecule has 6 nitrogen and oxygen atoms in total. The minimum atomic E-state index is -3.50. The van der Waals surface area contributed by atoms with Crippen LogP contribution in [0.3, 0.4) is 0 Å². The molecule has 4 rings (SSSR count). The van der Waals surface area contributed by atoms with Crippen molar-refractivity contribution in [3.8, 4) is 0 Å². The fraction of sp³-hybridized carbons (Fsp3) is 0.526. The van der Waals surface area contributed by atoms with Crippen LogP contribution < -0.4 is 0 Å². The van der Waals surface area contributed by atoms with Gasteiger partial charge in [0, 0.05) is 19.3 Å². The number of benzene rings is 1. The van der Waals surface area contributed by atoms with E-state index in [9.17, 15) is 8.42 Å². The lowest BCUT2D eigenvalue weighted by Crippen LogP contribution is -2.42. The van der Waals surface area contributed by atoms with Gasteiger partial charge in [0.1, 0.15) is 0 Å². The molecule has 1 atom stereocenters. The van der Waals surface area contributed by atoms with E-state index in [1.54, 1.807) is 28.7 Å². The molecule has 2 aliphatic rings. The van der Waals surface area contributed by atoms with Crippen molar-refractivity contribution in [1.29, 1.82) is 0 Å². The second-order valence-corrected chi connectivity index (χ2v) is 9.31. The molecule has 26 heavy (non-hydrogen) atoms. The lowest BCUT2D eigenvalue weighted by atomic mass is 10.1. The standard InChI is InChI=1S/C19H26N4O2S/c1-16-5-4-6-19(13-16)26(24,25)22-14-17-7-9-20-23(17)18(15-22)8-12-21-10-2-3-11-21/h4-7,9,13,18H,2-3,8,10-12,14-15H2,1H3/t18-/m1/s1. The van der Waals surface area contributed by atoms with Crippen LogP contribution >= 0.6 is 0 Å². The molecule has 1 saturated heterocycles. The molecular weight excluding hydrogens is 348 g/mol. The first kappa shape index (κ1) is 17.7. The molecule has 0 N–H and O–H groups in total. The molecule has 0 spiro atoms. The molecule has 0 unspecified atom stereocenters. The summed E-state index contributed by atoms with van der Waals surface area (Å²) in [4.78, 5) is 2.85. The molecule has 7 heteroatoms. The summed E-state index contributed by atoms with van der Waals surface area (Å²) in [5, 5.41) is 4.46. The maximum Gasteiger partial charge on any atom is 0.243 e. The van der Waals surface area contributed by atoms with Crippen LogP contribution in [0.5, 0.6) is 0 Å². The fourth-order valence-electron chi connectivity index (χ4n) is 4.01. The molecule has 0 radical (unpaired) electrons. The summed E-state index contributed by atoms with van der Waals surface area (Å²) in [6, 6.07) is 9.19. The highest BCUT2D eigenvalue weighted by Gasteiger charge is 2.34. The molecule has 0 amide bonds. The van der Waals surface area contributed by atoms with Crippen molar-refractivity contribution in [2.75, 3.05) is 26.2 Å². The third-order valence-electron chi connectivity index (χ3n) is 5.46. The molecule has 0 aliphatic carbocycles. The second-order valence-electron chi connectivity index (χ2n) is 7.37. The minimum Gasteiger partial charge on any atom is -0.303 e. The van der Waals surface area contributed by atoms with Gasteiger partial charge in [-0.05, 0) is 63.0 Å². The van der Waals surface area contributed by atoms with Crippen molar-refractivity contribution >= 4 is 10.0 Å². The third-order valence-corrected chi connectivity index (χ3v) is 7.26. The number of fused-ring (bicyclic) bond motifs is 1. The van der Waals surface area contributed by atoms with Crippen LogP contribution in [0.2, 0.25) is 0 Å². The number of sulfonamides is 1. The largest absolute Gasteiger partial charge is 0.303 e. The van der Waals surface area contributed by atoms with Crippen LogP contribution in [0, 0.1) is 6.92 Å². The van der Waals surface area contributed by atoms with Crippen LogP contribution in [0.1, 0.15) is 36.6 Å². The van der Waals surface area contributed by atoms with Gasteiger partial charge in [-0.3, -0.25) is 4.68 Å². The van der Waals surface area contributed by atoms with Crippen LogP contribution in [-0.2, 0) is 16.6 Å². The van der Waals surface area contributed by atoms with E-state index in [0.29, 0.717) is 18.0 Å². The Morgan fingerprint density at radius 1 is 1.19 bits per heavy atom. The summed E-state index contributed by atoms with van der Waals surface area (Å²) < 4.78 is 30.0. The van der Waals surface area contributed by atoms with E-state index in [1.807, 2.05) is 23.7 Å². The Balaban J connectivity index is 1.56. The van der Waals surface area contributed by atoms with Gasteiger partial charge in [-0.25, -0.2) is 8.42 Å². The van der Waals surface area contributed by atoms with Gasteiger partial charge in [0.25, 0.3) is 0 Å². The first-order valence-corrected chi connectivity index (χ1v) is 10.8. The molecule has 1 aromatic heterocycles. The number of likely N-dealkylation sites (tertiary alicyclic amines) is 1.